The van der Waals surface area contributed by atoms with Crippen LogP contribution in [0.5, 0.6) is 11.6 Å². The number of amides is 2. The zero-order valence-corrected chi connectivity index (χ0v) is 21.0. The molecule has 1 fully saturated rings. The van der Waals surface area contributed by atoms with Gasteiger partial charge in [0, 0.05) is 32.4 Å². The van der Waals surface area contributed by atoms with Gasteiger partial charge in [0.25, 0.3) is 5.91 Å². The van der Waals surface area contributed by atoms with E-state index >= 15 is 0 Å². The minimum absolute atomic E-state index is 0.0132. The second-order valence-electron chi connectivity index (χ2n) is 9.02. The lowest BCUT2D eigenvalue weighted by atomic mass is 10.2. The molecule has 1 unspecified atom stereocenters. The summed E-state index contributed by atoms with van der Waals surface area (Å²) in [6, 6.07) is 16.0. The van der Waals surface area contributed by atoms with Crippen molar-refractivity contribution in [2.24, 2.45) is 0 Å². The van der Waals surface area contributed by atoms with Gasteiger partial charge in [0.1, 0.15) is 23.2 Å². The van der Waals surface area contributed by atoms with E-state index in [0.717, 1.165) is 18.7 Å². The van der Waals surface area contributed by atoms with Gasteiger partial charge in [-0.25, -0.2) is 9.37 Å². The maximum Gasteiger partial charge on any atom is 0.257 e. The van der Waals surface area contributed by atoms with E-state index in [0.29, 0.717) is 31.0 Å². The molecule has 0 aliphatic carbocycles. The topological polar surface area (TPSA) is 84.0 Å². The number of likely N-dealkylation sites (N-methyl/N-ethyl adjacent to an activating group) is 1. The summed E-state index contributed by atoms with van der Waals surface area (Å²) in [5.41, 5.74) is 1.69. The number of ether oxygens (including phenoxy) is 2. The van der Waals surface area contributed by atoms with E-state index in [2.05, 4.69) is 15.2 Å². The van der Waals surface area contributed by atoms with Crippen LogP contribution in [0.4, 0.5) is 4.39 Å². The number of halogens is 1. The maximum atomic E-state index is 13.5. The Balaban J connectivity index is 1.49. The second-order valence-corrected chi connectivity index (χ2v) is 9.02. The van der Waals surface area contributed by atoms with Crippen LogP contribution in [0, 0.1) is 12.7 Å². The normalized spacial score (nSPS) is 14.7. The molecule has 1 N–H and O–H groups in total. The van der Waals surface area contributed by atoms with Gasteiger partial charge in [-0.1, -0.05) is 30.3 Å². The van der Waals surface area contributed by atoms with E-state index in [1.165, 1.54) is 24.4 Å². The molecule has 0 saturated carbocycles. The third-order valence-corrected chi connectivity index (χ3v) is 6.17. The molecule has 0 spiro atoms. The van der Waals surface area contributed by atoms with Crippen molar-refractivity contribution in [3.8, 4) is 11.6 Å². The number of pyridine rings is 1. The van der Waals surface area contributed by atoms with Crippen LogP contribution in [0.25, 0.3) is 0 Å². The van der Waals surface area contributed by atoms with Crippen molar-refractivity contribution < 1.29 is 23.5 Å². The molecule has 8 nitrogen and oxygen atoms in total. The number of hydrogen-bond donors (Lipinski definition) is 1. The number of benzene rings is 2. The van der Waals surface area contributed by atoms with Crippen molar-refractivity contribution in [2.75, 3.05) is 39.8 Å². The molecule has 9 heteroatoms. The first-order valence-electron chi connectivity index (χ1n) is 12.2. The molecular formula is C28H31FN4O4. The van der Waals surface area contributed by atoms with Crippen LogP contribution in [0.15, 0.2) is 66.9 Å². The average molecular weight is 507 g/mol. The molecule has 194 valence electrons. The molecule has 1 aliphatic rings. The Bertz CT molecular complexity index is 1220. The van der Waals surface area contributed by atoms with E-state index in [1.54, 1.807) is 24.0 Å². The summed E-state index contributed by atoms with van der Waals surface area (Å²) in [4.78, 5) is 34.9. The Morgan fingerprint density at radius 2 is 1.81 bits per heavy atom. The Morgan fingerprint density at radius 1 is 1.05 bits per heavy atom. The van der Waals surface area contributed by atoms with E-state index in [1.807, 2.05) is 37.4 Å². The zero-order chi connectivity index (χ0) is 26.2. The SMILES string of the molecule is Cc1cc(F)ccc1Oc1ncccc1C(=O)NC(COCc1ccccc1)C(=O)N1CCN(C)CC1. The largest absolute Gasteiger partial charge is 0.438 e. The summed E-state index contributed by atoms with van der Waals surface area (Å²) in [5.74, 6) is -0.658. The predicted molar refractivity (Wildman–Crippen MR) is 137 cm³/mol. The summed E-state index contributed by atoms with van der Waals surface area (Å²) < 4.78 is 25.2. The van der Waals surface area contributed by atoms with E-state index in [-0.39, 0.29) is 29.8 Å². The summed E-state index contributed by atoms with van der Waals surface area (Å²) in [5, 5.41) is 2.83. The molecule has 1 atom stereocenters. The highest BCUT2D eigenvalue weighted by Crippen LogP contribution is 2.26. The number of nitrogens with zero attached hydrogens (tertiary/aromatic N) is 3. The lowest BCUT2D eigenvalue weighted by Gasteiger charge is -2.34. The van der Waals surface area contributed by atoms with Crippen molar-refractivity contribution in [2.45, 2.75) is 19.6 Å². The number of nitrogens with one attached hydrogen (secondary N) is 1. The third-order valence-electron chi connectivity index (χ3n) is 6.17. The fourth-order valence-corrected chi connectivity index (χ4v) is 4.00. The molecule has 2 aromatic carbocycles. The number of piperazine rings is 1. The number of hydrogen-bond acceptors (Lipinski definition) is 6. The maximum absolute atomic E-state index is 13.5. The molecule has 4 rings (SSSR count). The van der Waals surface area contributed by atoms with Gasteiger partial charge in [-0.3, -0.25) is 9.59 Å². The summed E-state index contributed by atoms with van der Waals surface area (Å²) in [6.45, 7) is 4.70. The number of carbonyl (C=O) groups is 2. The van der Waals surface area contributed by atoms with E-state index in [9.17, 15) is 14.0 Å². The number of rotatable bonds is 9. The van der Waals surface area contributed by atoms with Crippen LogP contribution in [0.3, 0.4) is 0 Å². The lowest BCUT2D eigenvalue weighted by Crippen LogP contribution is -2.55. The lowest BCUT2D eigenvalue weighted by molar-refractivity contribution is -0.136. The van der Waals surface area contributed by atoms with E-state index in [4.69, 9.17) is 9.47 Å². The standard InChI is InChI=1S/C28H31FN4O4/c1-20-17-22(29)10-11-25(20)37-27-23(9-6-12-30-27)26(34)31-24(19-36-18-21-7-4-3-5-8-21)28(35)33-15-13-32(2)14-16-33/h3-12,17,24H,13-16,18-19H2,1-2H3,(H,31,34). The van der Waals surface area contributed by atoms with Gasteiger partial charge in [-0.2, -0.15) is 0 Å². The summed E-state index contributed by atoms with van der Waals surface area (Å²) in [7, 11) is 2.01. The Labute approximate surface area is 216 Å². The highest BCUT2D eigenvalue weighted by Gasteiger charge is 2.29. The zero-order valence-electron chi connectivity index (χ0n) is 21.0. The first-order chi connectivity index (χ1) is 17.9. The van der Waals surface area contributed by atoms with Gasteiger partial charge >= 0.3 is 0 Å². The first-order valence-corrected chi connectivity index (χ1v) is 12.2. The molecule has 37 heavy (non-hydrogen) atoms. The molecule has 1 saturated heterocycles. The van der Waals surface area contributed by atoms with Crippen molar-refractivity contribution in [1.29, 1.82) is 0 Å². The quantitative estimate of drug-likeness (QED) is 0.479. The van der Waals surface area contributed by atoms with Gasteiger partial charge in [0.2, 0.25) is 11.8 Å². The highest BCUT2D eigenvalue weighted by molar-refractivity contribution is 5.99. The van der Waals surface area contributed by atoms with Gasteiger partial charge in [-0.05, 0) is 55.4 Å². The molecule has 1 aromatic heterocycles. The van der Waals surface area contributed by atoms with Crippen LogP contribution < -0.4 is 10.1 Å². The number of carbonyl (C=O) groups excluding carboxylic acids is 2. The highest BCUT2D eigenvalue weighted by atomic mass is 19.1. The van der Waals surface area contributed by atoms with Crippen LogP contribution >= 0.6 is 0 Å². The fraction of sp³-hybridized carbons (Fsp3) is 0.321. The smallest absolute Gasteiger partial charge is 0.257 e. The Kier molecular flexibility index (Phi) is 8.81. The summed E-state index contributed by atoms with van der Waals surface area (Å²) in [6.07, 6.45) is 1.50. The third kappa shape index (κ3) is 7.12. The van der Waals surface area contributed by atoms with Crippen LogP contribution in [0.2, 0.25) is 0 Å². The molecule has 0 bridgehead atoms. The van der Waals surface area contributed by atoms with Crippen LogP contribution in [0.1, 0.15) is 21.5 Å². The minimum atomic E-state index is -0.889. The molecule has 3 aromatic rings. The van der Waals surface area contributed by atoms with Gasteiger partial charge in [0.05, 0.1) is 13.2 Å². The average Bonchev–Trinajstić information content (AvgIpc) is 2.90. The van der Waals surface area contributed by atoms with E-state index < -0.39 is 11.9 Å². The van der Waals surface area contributed by atoms with Crippen LogP contribution in [-0.4, -0.2) is 72.5 Å². The van der Waals surface area contributed by atoms with Crippen molar-refractivity contribution in [3.63, 3.8) is 0 Å². The number of aryl methyl sites for hydroxylation is 1. The molecule has 0 radical (unpaired) electrons. The molecule has 2 heterocycles. The molecule has 2 amide bonds. The van der Waals surface area contributed by atoms with Crippen molar-refractivity contribution in [3.05, 3.63) is 89.4 Å². The van der Waals surface area contributed by atoms with Gasteiger partial charge < -0.3 is 24.6 Å². The Hall–Kier alpha value is -3.82. The molecule has 1 aliphatic heterocycles. The minimum Gasteiger partial charge on any atom is -0.438 e. The number of aromatic nitrogens is 1. The van der Waals surface area contributed by atoms with Gasteiger partial charge in [0.15, 0.2) is 0 Å². The monoisotopic (exact) mass is 506 g/mol. The second kappa shape index (κ2) is 12.4. The van der Waals surface area contributed by atoms with Crippen molar-refractivity contribution >= 4 is 11.8 Å². The summed E-state index contributed by atoms with van der Waals surface area (Å²) >= 11 is 0. The van der Waals surface area contributed by atoms with Gasteiger partial charge in [-0.15, -0.1) is 0 Å². The Morgan fingerprint density at radius 3 is 2.54 bits per heavy atom. The van der Waals surface area contributed by atoms with Crippen molar-refractivity contribution in [1.82, 2.24) is 20.1 Å². The first kappa shape index (κ1) is 26.2. The molecular weight excluding hydrogens is 475 g/mol. The fourth-order valence-electron chi connectivity index (χ4n) is 4.00. The predicted octanol–water partition coefficient (Wildman–Crippen LogP) is 3.41. The van der Waals surface area contributed by atoms with Crippen LogP contribution in [-0.2, 0) is 16.1 Å².